The summed E-state index contributed by atoms with van der Waals surface area (Å²) in [6.07, 6.45) is 0. The lowest BCUT2D eigenvalue weighted by molar-refractivity contribution is 0.412. The molecule has 0 bridgehead atoms. The predicted octanol–water partition coefficient (Wildman–Crippen LogP) is 3.33. The van der Waals surface area contributed by atoms with Crippen LogP contribution in [0.2, 0.25) is 0 Å². The zero-order valence-electron chi connectivity index (χ0n) is 12.3. The Kier molecular flexibility index (Phi) is 5.58. The maximum Gasteiger partial charge on any atom is 0.320 e. The van der Waals surface area contributed by atoms with E-state index in [1.807, 2.05) is 18.2 Å². The van der Waals surface area contributed by atoms with Gasteiger partial charge in [0.15, 0.2) is 0 Å². The van der Waals surface area contributed by atoms with Gasteiger partial charge in [0.25, 0.3) is 0 Å². The van der Waals surface area contributed by atoms with Gasteiger partial charge in [-0.15, -0.1) is 5.10 Å². The highest BCUT2D eigenvalue weighted by atomic mass is 79.9. The smallest absolute Gasteiger partial charge is 0.320 e. The van der Waals surface area contributed by atoms with E-state index in [2.05, 4.69) is 50.6 Å². The number of anilines is 2. The number of halogens is 1. The number of benzene rings is 1. The second-order valence-electron chi connectivity index (χ2n) is 5.00. The number of nitrogens with zero attached hydrogens (tertiary/aromatic N) is 2. The minimum absolute atomic E-state index is 0.362. The van der Waals surface area contributed by atoms with E-state index in [0.29, 0.717) is 24.4 Å². The number of ether oxygens (including phenoxy) is 1. The second-order valence-corrected chi connectivity index (χ2v) is 5.85. The van der Waals surface area contributed by atoms with Crippen LogP contribution in [0.3, 0.4) is 0 Å². The molecule has 0 fully saturated rings. The molecule has 0 aliphatic heterocycles. The number of hydrogen-bond donors (Lipinski definition) is 2. The summed E-state index contributed by atoms with van der Waals surface area (Å²) >= 11 is 3.41. The molecular weight excluding hydrogens is 336 g/mol. The minimum Gasteiger partial charge on any atom is -0.495 e. The molecule has 0 saturated carbocycles. The number of nitrogens with one attached hydrogen (secondary N) is 2. The molecule has 114 valence electrons. The lowest BCUT2D eigenvalue weighted by atomic mass is 10.2. The molecule has 7 heteroatoms. The molecule has 1 heterocycles. The van der Waals surface area contributed by atoms with Crippen LogP contribution in [-0.2, 0) is 6.54 Å². The van der Waals surface area contributed by atoms with E-state index < -0.39 is 0 Å². The molecule has 0 aliphatic rings. The largest absolute Gasteiger partial charge is 0.495 e. The van der Waals surface area contributed by atoms with Crippen LogP contribution in [0, 0.1) is 5.92 Å². The Balaban J connectivity index is 1.96. The highest BCUT2D eigenvalue weighted by Crippen LogP contribution is 2.29. The molecule has 1 aromatic carbocycles. The van der Waals surface area contributed by atoms with Crippen molar-refractivity contribution in [1.29, 1.82) is 0 Å². The minimum atomic E-state index is 0.362. The Hall–Kier alpha value is -1.60. The fraction of sp³-hybridized carbons (Fsp3) is 0.429. The van der Waals surface area contributed by atoms with Crippen molar-refractivity contribution in [3.05, 3.63) is 28.6 Å². The quantitative estimate of drug-likeness (QED) is 0.794. The van der Waals surface area contributed by atoms with Gasteiger partial charge >= 0.3 is 6.01 Å². The first-order valence-corrected chi connectivity index (χ1v) is 7.51. The van der Waals surface area contributed by atoms with E-state index in [1.165, 1.54) is 0 Å². The van der Waals surface area contributed by atoms with Gasteiger partial charge in [0.05, 0.1) is 18.1 Å². The van der Waals surface area contributed by atoms with Gasteiger partial charge in [-0.1, -0.05) is 18.9 Å². The Bertz CT molecular complexity index is 586. The molecule has 2 aromatic rings. The van der Waals surface area contributed by atoms with Gasteiger partial charge in [-0.25, -0.2) is 0 Å². The van der Waals surface area contributed by atoms with Gasteiger partial charge in [0, 0.05) is 11.8 Å². The fourth-order valence-corrected chi connectivity index (χ4v) is 2.11. The normalized spacial score (nSPS) is 10.9. The molecule has 0 aliphatic carbocycles. The van der Waals surface area contributed by atoms with Gasteiger partial charge in [-0.05, 0) is 40.5 Å². The van der Waals surface area contributed by atoms with E-state index >= 15 is 0 Å². The van der Waals surface area contributed by atoms with E-state index in [9.17, 15) is 0 Å². The summed E-state index contributed by atoms with van der Waals surface area (Å²) in [5.74, 6) is 1.88. The second kappa shape index (κ2) is 7.42. The fourth-order valence-electron chi connectivity index (χ4n) is 1.70. The van der Waals surface area contributed by atoms with Crippen molar-refractivity contribution in [2.24, 2.45) is 5.92 Å². The van der Waals surface area contributed by atoms with Crippen molar-refractivity contribution in [1.82, 2.24) is 15.5 Å². The number of hydrogen-bond acceptors (Lipinski definition) is 6. The van der Waals surface area contributed by atoms with E-state index in [1.54, 1.807) is 7.11 Å². The van der Waals surface area contributed by atoms with Crippen LogP contribution in [0.4, 0.5) is 11.7 Å². The van der Waals surface area contributed by atoms with Gasteiger partial charge in [-0.3, -0.25) is 0 Å². The van der Waals surface area contributed by atoms with Crippen molar-refractivity contribution in [3.8, 4) is 5.75 Å². The van der Waals surface area contributed by atoms with Gasteiger partial charge in [-0.2, -0.15) is 0 Å². The van der Waals surface area contributed by atoms with Crippen molar-refractivity contribution in [2.75, 3.05) is 19.0 Å². The summed E-state index contributed by atoms with van der Waals surface area (Å²) in [6, 6.07) is 6.00. The first kappa shape index (κ1) is 15.8. The first-order valence-electron chi connectivity index (χ1n) is 6.72. The van der Waals surface area contributed by atoms with Crippen LogP contribution in [0.1, 0.15) is 19.7 Å². The first-order chi connectivity index (χ1) is 10.1. The van der Waals surface area contributed by atoms with Crippen molar-refractivity contribution >= 4 is 27.6 Å². The number of rotatable bonds is 7. The molecule has 0 saturated heterocycles. The number of methoxy groups -OCH3 is 1. The van der Waals surface area contributed by atoms with Crippen molar-refractivity contribution < 1.29 is 9.15 Å². The predicted molar refractivity (Wildman–Crippen MR) is 84.8 cm³/mol. The van der Waals surface area contributed by atoms with E-state index in [4.69, 9.17) is 9.15 Å². The molecule has 2 rings (SSSR count). The molecule has 2 N–H and O–H groups in total. The molecule has 21 heavy (non-hydrogen) atoms. The van der Waals surface area contributed by atoms with Crippen molar-refractivity contribution in [3.63, 3.8) is 0 Å². The zero-order valence-corrected chi connectivity index (χ0v) is 13.9. The molecule has 0 unspecified atom stereocenters. The highest BCUT2D eigenvalue weighted by Gasteiger charge is 2.08. The summed E-state index contributed by atoms with van der Waals surface area (Å²) < 4.78 is 11.7. The van der Waals surface area contributed by atoms with Gasteiger partial charge in [0.1, 0.15) is 5.75 Å². The maximum absolute atomic E-state index is 5.52. The SMILES string of the molecule is COc1cc(Nc2nnc(CNCC(C)C)o2)ccc1Br. The van der Waals surface area contributed by atoms with Gasteiger partial charge < -0.3 is 19.8 Å². The molecule has 6 nitrogen and oxygen atoms in total. The third kappa shape index (κ3) is 4.71. The Morgan fingerprint density at radius 3 is 2.86 bits per heavy atom. The summed E-state index contributed by atoms with van der Waals surface area (Å²) in [4.78, 5) is 0. The average molecular weight is 355 g/mol. The van der Waals surface area contributed by atoms with Crippen LogP contribution in [0.15, 0.2) is 27.1 Å². The summed E-state index contributed by atoms with van der Waals surface area (Å²) in [6.45, 7) is 5.77. The molecule has 0 atom stereocenters. The number of aromatic nitrogens is 2. The average Bonchev–Trinajstić information content (AvgIpc) is 2.88. The molecule has 0 radical (unpaired) electrons. The van der Waals surface area contributed by atoms with Crippen LogP contribution in [-0.4, -0.2) is 23.9 Å². The molecule has 1 aromatic heterocycles. The lowest BCUT2D eigenvalue weighted by Crippen LogP contribution is -2.19. The van der Waals surface area contributed by atoms with Gasteiger partial charge in [0.2, 0.25) is 5.89 Å². The third-order valence-corrected chi connectivity index (χ3v) is 3.35. The van der Waals surface area contributed by atoms with Crippen LogP contribution in [0.25, 0.3) is 0 Å². The van der Waals surface area contributed by atoms with E-state index in [-0.39, 0.29) is 0 Å². The Morgan fingerprint density at radius 2 is 2.14 bits per heavy atom. The van der Waals surface area contributed by atoms with Crippen LogP contribution in [0.5, 0.6) is 5.75 Å². The lowest BCUT2D eigenvalue weighted by Gasteiger charge is -2.06. The Labute approximate surface area is 132 Å². The Morgan fingerprint density at radius 1 is 1.33 bits per heavy atom. The van der Waals surface area contributed by atoms with Crippen LogP contribution < -0.4 is 15.4 Å². The molecule has 0 spiro atoms. The summed E-state index contributed by atoms with van der Waals surface area (Å²) in [5, 5.41) is 14.3. The maximum atomic E-state index is 5.52. The van der Waals surface area contributed by atoms with Crippen LogP contribution >= 0.6 is 15.9 Å². The molecule has 0 amide bonds. The monoisotopic (exact) mass is 354 g/mol. The molecular formula is C14H19BrN4O2. The summed E-state index contributed by atoms with van der Waals surface area (Å²) in [5.41, 5.74) is 0.820. The van der Waals surface area contributed by atoms with E-state index in [0.717, 1.165) is 22.5 Å². The summed E-state index contributed by atoms with van der Waals surface area (Å²) in [7, 11) is 1.62. The zero-order chi connectivity index (χ0) is 15.2. The topological polar surface area (TPSA) is 72.2 Å². The highest BCUT2D eigenvalue weighted by molar-refractivity contribution is 9.10. The standard InChI is InChI=1S/C14H19BrN4O2/c1-9(2)7-16-8-13-18-19-14(21-13)17-10-4-5-11(15)12(6-10)20-3/h4-6,9,16H,7-8H2,1-3H3,(H,17,19). The third-order valence-electron chi connectivity index (χ3n) is 2.70. The van der Waals surface area contributed by atoms with Crippen molar-refractivity contribution in [2.45, 2.75) is 20.4 Å².